The number of unbranched alkanes of at least 4 members (excludes halogenated alkanes) is 24. The van der Waals surface area contributed by atoms with E-state index in [4.69, 9.17) is 14.2 Å². The molecule has 0 bridgehead atoms. The number of carbonyl (C=O) groups is 3. The number of hydrogen-bond acceptors (Lipinski definition) is 6. The monoisotopic (exact) mass is 1080 g/mol. The summed E-state index contributed by atoms with van der Waals surface area (Å²) < 4.78 is 16.8. The van der Waals surface area contributed by atoms with Crippen molar-refractivity contribution < 1.29 is 28.6 Å². The molecule has 0 rings (SSSR count). The molecule has 6 heteroatoms. The molecule has 0 aliphatic rings. The molecule has 0 heterocycles. The fourth-order valence-corrected chi connectivity index (χ4v) is 8.65. The van der Waals surface area contributed by atoms with Crippen LogP contribution in [-0.4, -0.2) is 37.2 Å². The molecule has 1 unspecified atom stereocenters. The highest BCUT2D eigenvalue weighted by molar-refractivity contribution is 5.71. The van der Waals surface area contributed by atoms with Crippen molar-refractivity contribution in [3.05, 3.63) is 134 Å². The summed E-state index contributed by atoms with van der Waals surface area (Å²) in [4.78, 5) is 38.1. The van der Waals surface area contributed by atoms with Gasteiger partial charge in [0.25, 0.3) is 0 Å². The minimum absolute atomic E-state index is 0.0946. The van der Waals surface area contributed by atoms with Crippen LogP contribution in [0.1, 0.15) is 284 Å². The maximum absolute atomic E-state index is 12.8. The second-order valence-corrected chi connectivity index (χ2v) is 20.9. The zero-order valence-electron chi connectivity index (χ0n) is 50.6. The van der Waals surface area contributed by atoms with E-state index in [2.05, 4.69) is 154 Å². The molecule has 78 heavy (non-hydrogen) atoms. The van der Waals surface area contributed by atoms with Crippen molar-refractivity contribution in [2.75, 3.05) is 13.2 Å². The van der Waals surface area contributed by atoms with Crippen LogP contribution in [0.5, 0.6) is 0 Å². The number of rotatable bonds is 57. The third kappa shape index (κ3) is 62.4. The summed E-state index contributed by atoms with van der Waals surface area (Å²) in [5, 5.41) is 0. The summed E-state index contributed by atoms with van der Waals surface area (Å²) in [6, 6.07) is 0. The molecule has 6 nitrogen and oxygen atoms in total. The zero-order valence-corrected chi connectivity index (χ0v) is 50.6. The van der Waals surface area contributed by atoms with Crippen LogP contribution < -0.4 is 0 Å². The first-order valence-corrected chi connectivity index (χ1v) is 32.2. The summed E-state index contributed by atoms with van der Waals surface area (Å²) in [5.41, 5.74) is 0. The number of esters is 3. The van der Waals surface area contributed by atoms with E-state index >= 15 is 0 Å². The highest BCUT2D eigenvalue weighted by Gasteiger charge is 2.19. The third-order valence-corrected chi connectivity index (χ3v) is 13.4. The summed E-state index contributed by atoms with van der Waals surface area (Å²) in [5.74, 6) is -0.937. The Hall–Kier alpha value is -4.45. The van der Waals surface area contributed by atoms with Gasteiger partial charge in [-0.05, 0) is 116 Å². The van der Waals surface area contributed by atoms with Crippen molar-refractivity contribution in [3.8, 4) is 0 Å². The zero-order chi connectivity index (χ0) is 56.4. The molecule has 0 aliphatic carbocycles. The van der Waals surface area contributed by atoms with E-state index in [0.29, 0.717) is 19.3 Å². The van der Waals surface area contributed by atoms with Crippen molar-refractivity contribution in [2.24, 2.45) is 0 Å². The SMILES string of the molecule is CC/C=C\C/C=C\C/C=C\C/C=C\C/C=C\C/C=C\C/C=C\CCCCCCCCCCCCCCCC(=O)OCC(COC(=O)CCCCCCCCCCCC)OC(=O)CCCC/C=C\C/C=C\C/C=C\C/C=C\CC. The summed E-state index contributed by atoms with van der Waals surface area (Å²) in [6.07, 6.45) is 91.9. The maximum atomic E-state index is 12.8. The van der Waals surface area contributed by atoms with Gasteiger partial charge in [0.15, 0.2) is 6.10 Å². The number of allylic oxidation sites excluding steroid dienone is 22. The van der Waals surface area contributed by atoms with Gasteiger partial charge in [0, 0.05) is 19.3 Å². The Labute approximate surface area is 481 Å². The molecular formula is C72H118O6. The second-order valence-electron chi connectivity index (χ2n) is 20.9. The molecule has 0 spiro atoms. The Bertz CT molecular complexity index is 1670. The van der Waals surface area contributed by atoms with Crippen molar-refractivity contribution in [3.63, 3.8) is 0 Å². The highest BCUT2D eigenvalue weighted by Crippen LogP contribution is 2.16. The molecule has 1 atom stereocenters. The van der Waals surface area contributed by atoms with Gasteiger partial charge in [-0.2, -0.15) is 0 Å². The van der Waals surface area contributed by atoms with Crippen LogP contribution >= 0.6 is 0 Å². The Morgan fingerprint density at radius 3 is 0.808 bits per heavy atom. The fourth-order valence-electron chi connectivity index (χ4n) is 8.65. The quantitative estimate of drug-likeness (QED) is 0.0261. The lowest BCUT2D eigenvalue weighted by molar-refractivity contribution is -0.167. The van der Waals surface area contributed by atoms with Crippen LogP contribution in [-0.2, 0) is 28.6 Å². The van der Waals surface area contributed by atoms with E-state index < -0.39 is 6.10 Å². The minimum atomic E-state index is -0.801. The van der Waals surface area contributed by atoms with E-state index in [1.165, 1.54) is 116 Å². The van der Waals surface area contributed by atoms with Crippen LogP contribution in [0.15, 0.2) is 134 Å². The lowest BCUT2D eigenvalue weighted by Crippen LogP contribution is -2.30. The molecule has 0 N–H and O–H groups in total. The van der Waals surface area contributed by atoms with Crippen LogP contribution in [0.2, 0.25) is 0 Å². The van der Waals surface area contributed by atoms with Crippen LogP contribution in [0.4, 0.5) is 0 Å². The summed E-state index contributed by atoms with van der Waals surface area (Å²) in [6.45, 7) is 6.37. The number of hydrogen-bond donors (Lipinski definition) is 0. The van der Waals surface area contributed by atoms with E-state index in [1.807, 2.05) is 0 Å². The lowest BCUT2D eigenvalue weighted by atomic mass is 10.0. The minimum Gasteiger partial charge on any atom is -0.462 e. The van der Waals surface area contributed by atoms with Crippen LogP contribution in [0, 0.1) is 0 Å². The van der Waals surface area contributed by atoms with E-state index in [1.54, 1.807) is 0 Å². The Morgan fingerprint density at radius 2 is 0.500 bits per heavy atom. The molecule has 0 amide bonds. The van der Waals surface area contributed by atoms with Gasteiger partial charge in [0.1, 0.15) is 13.2 Å². The lowest BCUT2D eigenvalue weighted by Gasteiger charge is -2.18. The number of ether oxygens (including phenoxy) is 3. The standard InChI is InChI=1S/C72H118O6/c1-4-7-10-13-16-19-22-24-26-27-28-29-30-31-32-33-34-35-36-37-38-39-40-41-42-43-44-45-47-48-50-53-56-59-62-65-71(74)77-68-69(67-76-70(73)64-61-58-55-52-21-18-15-12-9-6-3)78-72(75)66-63-60-57-54-51-49-46-25-23-20-17-14-11-8-5-2/h7-8,10-11,16-17,19-20,24-26,28-29,31-32,34-35,37-38,46,51,54,69H,4-6,9,12-15,18,21-23,27,30,33,36,39-45,47-50,52-53,55-68H2,1-3H3/b10-7-,11-8-,19-16-,20-17-,26-24-,29-28-,32-31-,35-34-,38-37-,46-25-,54-51-. The molecule has 0 aromatic rings. The average molecular weight is 1080 g/mol. The normalized spacial score (nSPS) is 13.0. The number of carbonyl (C=O) groups excluding carboxylic acids is 3. The molecule has 0 fully saturated rings. The molecule has 442 valence electrons. The second kappa shape index (κ2) is 65.1. The van der Waals surface area contributed by atoms with Crippen LogP contribution in [0.3, 0.4) is 0 Å². The van der Waals surface area contributed by atoms with E-state index in [0.717, 1.165) is 122 Å². The summed E-state index contributed by atoms with van der Waals surface area (Å²) in [7, 11) is 0. The van der Waals surface area contributed by atoms with Gasteiger partial charge >= 0.3 is 17.9 Å². The molecule has 0 radical (unpaired) electrons. The van der Waals surface area contributed by atoms with Gasteiger partial charge in [0.2, 0.25) is 0 Å². The van der Waals surface area contributed by atoms with Crippen molar-refractivity contribution in [1.82, 2.24) is 0 Å². The van der Waals surface area contributed by atoms with Gasteiger partial charge < -0.3 is 14.2 Å². The highest BCUT2D eigenvalue weighted by atomic mass is 16.6. The van der Waals surface area contributed by atoms with Gasteiger partial charge in [-0.15, -0.1) is 0 Å². The molecule has 0 aromatic carbocycles. The first-order valence-electron chi connectivity index (χ1n) is 32.2. The molecule has 0 aliphatic heterocycles. The summed E-state index contributed by atoms with van der Waals surface area (Å²) >= 11 is 0. The smallest absolute Gasteiger partial charge is 0.306 e. The Morgan fingerprint density at radius 1 is 0.269 bits per heavy atom. The Balaban J connectivity index is 4.16. The van der Waals surface area contributed by atoms with Crippen molar-refractivity contribution in [2.45, 2.75) is 290 Å². The van der Waals surface area contributed by atoms with Crippen LogP contribution in [0.25, 0.3) is 0 Å². The molecule has 0 saturated carbocycles. The largest absolute Gasteiger partial charge is 0.462 e. The predicted octanol–water partition coefficient (Wildman–Crippen LogP) is 22.2. The van der Waals surface area contributed by atoms with E-state index in [-0.39, 0.29) is 37.5 Å². The molecule has 0 saturated heterocycles. The third-order valence-electron chi connectivity index (χ3n) is 13.4. The molecule has 0 aromatic heterocycles. The van der Waals surface area contributed by atoms with Gasteiger partial charge in [0.05, 0.1) is 0 Å². The Kier molecular flexibility index (Phi) is 61.4. The van der Waals surface area contributed by atoms with Gasteiger partial charge in [-0.1, -0.05) is 283 Å². The van der Waals surface area contributed by atoms with Crippen molar-refractivity contribution >= 4 is 17.9 Å². The van der Waals surface area contributed by atoms with Gasteiger partial charge in [-0.3, -0.25) is 14.4 Å². The maximum Gasteiger partial charge on any atom is 0.306 e. The topological polar surface area (TPSA) is 78.9 Å². The molecular weight excluding hydrogens is 961 g/mol. The van der Waals surface area contributed by atoms with Gasteiger partial charge in [-0.25, -0.2) is 0 Å². The fraction of sp³-hybridized carbons (Fsp3) is 0.653. The predicted molar refractivity (Wildman–Crippen MR) is 339 cm³/mol. The first kappa shape index (κ1) is 73.5. The van der Waals surface area contributed by atoms with Crippen molar-refractivity contribution in [1.29, 1.82) is 0 Å². The first-order chi connectivity index (χ1) is 38.5. The average Bonchev–Trinajstić information content (AvgIpc) is 3.44. The van der Waals surface area contributed by atoms with E-state index in [9.17, 15) is 14.4 Å².